The van der Waals surface area contributed by atoms with Gasteiger partial charge in [-0.3, -0.25) is 0 Å². The second kappa shape index (κ2) is 11.2. The van der Waals surface area contributed by atoms with Gasteiger partial charge in [-0.1, -0.05) is 56.2 Å². The summed E-state index contributed by atoms with van der Waals surface area (Å²) < 4.78 is 6.52. The first-order valence-corrected chi connectivity index (χ1v) is 15.3. The minimum absolute atomic E-state index is 0.277. The number of aromatic carboxylic acids is 1. The van der Waals surface area contributed by atoms with Gasteiger partial charge in [0.2, 0.25) is 0 Å². The molecule has 0 saturated heterocycles. The lowest BCUT2D eigenvalue weighted by atomic mass is 10.1. The van der Waals surface area contributed by atoms with Crippen LogP contribution < -0.4 is 0 Å². The van der Waals surface area contributed by atoms with Gasteiger partial charge in [0.25, 0.3) is 0 Å². The monoisotopic (exact) mass is 581 g/mol. The Balaban J connectivity index is 1.37. The van der Waals surface area contributed by atoms with Gasteiger partial charge in [-0.25, -0.2) is 14.8 Å². The molecule has 7 heteroatoms. The van der Waals surface area contributed by atoms with E-state index in [0.717, 1.165) is 87.0 Å². The fraction of sp³-hybridized carbons (Fsp3) is 0.216. The summed E-state index contributed by atoms with van der Waals surface area (Å²) in [6.07, 6.45) is 6.28. The van der Waals surface area contributed by atoms with Crippen LogP contribution in [0.25, 0.3) is 50.0 Å². The molecule has 0 fully saturated rings. The van der Waals surface area contributed by atoms with E-state index < -0.39 is 5.97 Å². The highest BCUT2D eigenvalue weighted by molar-refractivity contribution is 5.94. The molecule has 0 bridgehead atoms. The molecule has 220 valence electrons. The van der Waals surface area contributed by atoms with E-state index in [1.165, 1.54) is 0 Å². The van der Waals surface area contributed by atoms with Crippen molar-refractivity contribution in [3.8, 4) is 17.1 Å². The lowest BCUT2D eigenvalue weighted by Crippen LogP contribution is -2.07. The van der Waals surface area contributed by atoms with Crippen molar-refractivity contribution < 1.29 is 9.90 Å². The number of benzene rings is 4. The van der Waals surface area contributed by atoms with E-state index in [-0.39, 0.29) is 5.56 Å². The average Bonchev–Trinajstić information content (AvgIpc) is 3.72. The smallest absolute Gasteiger partial charge is 0.337 e. The number of hydrogen-bond acceptors (Lipinski definition) is 3. The maximum atomic E-state index is 12.0. The number of aromatic nitrogens is 5. The molecule has 0 aliphatic carbocycles. The highest BCUT2D eigenvalue weighted by Crippen LogP contribution is 2.32. The molecule has 0 unspecified atom stereocenters. The third kappa shape index (κ3) is 4.65. The zero-order valence-corrected chi connectivity index (χ0v) is 25.3. The molecule has 0 aliphatic heterocycles. The van der Waals surface area contributed by atoms with E-state index in [9.17, 15) is 9.90 Å². The fourth-order valence-electron chi connectivity index (χ4n) is 6.49. The number of nitrogens with zero attached hydrogens (tertiary/aromatic N) is 5. The lowest BCUT2D eigenvalue weighted by molar-refractivity contribution is 0.0697. The maximum Gasteiger partial charge on any atom is 0.337 e. The van der Waals surface area contributed by atoms with Crippen LogP contribution in [-0.2, 0) is 20.0 Å². The minimum atomic E-state index is -0.938. The Morgan fingerprint density at radius 1 is 0.864 bits per heavy atom. The van der Waals surface area contributed by atoms with Crippen molar-refractivity contribution in [2.45, 2.75) is 46.1 Å². The number of carbonyl (C=O) groups is 1. The number of rotatable bonds is 9. The molecule has 3 aromatic heterocycles. The molecule has 0 saturated carbocycles. The van der Waals surface area contributed by atoms with Crippen LogP contribution in [0.3, 0.4) is 0 Å². The summed E-state index contributed by atoms with van der Waals surface area (Å²) in [4.78, 5) is 22.2. The normalized spacial score (nSPS) is 11.7. The van der Waals surface area contributed by atoms with Gasteiger partial charge in [0.15, 0.2) is 0 Å². The third-order valence-corrected chi connectivity index (χ3v) is 8.72. The Bertz CT molecular complexity index is 2180. The molecular formula is C37H35N5O2. The first-order valence-electron chi connectivity index (χ1n) is 15.3. The van der Waals surface area contributed by atoms with Crippen LogP contribution in [0.1, 0.15) is 53.5 Å². The van der Waals surface area contributed by atoms with Gasteiger partial charge < -0.3 is 18.8 Å². The Labute approximate surface area is 256 Å². The van der Waals surface area contributed by atoms with Crippen molar-refractivity contribution in [2.75, 3.05) is 0 Å². The molecule has 0 aliphatic rings. The van der Waals surface area contributed by atoms with E-state index in [0.29, 0.717) is 12.2 Å². The van der Waals surface area contributed by atoms with Crippen LogP contribution in [0, 0.1) is 6.92 Å². The first kappa shape index (κ1) is 27.7. The second-order valence-corrected chi connectivity index (χ2v) is 11.6. The van der Waals surface area contributed by atoms with Gasteiger partial charge >= 0.3 is 5.97 Å². The van der Waals surface area contributed by atoms with Gasteiger partial charge in [0, 0.05) is 30.6 Å². The molecule has 7 aromatic rings. The number of carboxylic acid groups (broad SMARTS) is 1. The summed E-state index contributed by atoms with van der Waals surface area (Å²) in [5.74, 6) is 1.09. The summed E-state index contributed by atoms with van der Waals surface area (Å²) in [5, 5.41) is 10.9. The zero-order chi connectivity index (χ0) is 30.4. The Morgan fingerprint density at radius 2 is 1.66 bits per heavy atom. The van der Waals surface area contributed by atoms with Crippen LogP contribution in [0.4, 0.5) is 0 Å². The van der Waals surface area contributed by atoms with E-state index in [2.05, 4.69) is 78.6 Å². The van der Waals surface area contributed by atoms with E-state index >= 15 is 0 Å². The second-order valence-electron chi connectivity index (χ2n) is 11.6. The number of fused-ring (bicyclic) bond motifs is 3. The Morgan fingerprint density at radius 3 is 2.48 bits per heavy atom. The molecule has 7 nitrogen and oxygen atoms in total. The quantitative estimate of drug-likeness (QED) is 0.174. The minimum Gasteiger partial charge on any atom is -0.478 e. The van der Waals surface area contributed by atoms with Crippen LogP contribution in [0.5, 0.6) is 0 Å². The standard InChI is InChI=1S/C37H35N5O2/c1-4-5-6-18-34-39-35-24(2)21-26(36-38-29-14-8-10-16-32(29)40(36)3)22-33(35)42(34)23-25-12-11-17-30-27(25)19-20-41(30)31-15-9-7-13-28(31)37(43)44/h7-17,19-22H,4-6,18,23H2,1-3H3,(H,43,44). The Hall–Kier alpha value is -5.17. The van der Waals surface area contributed by atoms with Crippen molar-refractivity contribution in [3.05, 3.63) is 114 Å². The molecule has 4 aromatic carbocycles. The largest absolute Gasteiger partial charge is 0.478 e. The molecule has 0 amide bonds. The summed E-state index contributed by atoms with van der Waals surface area (Å²) in [7, 11) is 2.07. The first-order chi connectivity index (χ1) is 21.4. The fourth-order valence-corrected chi connectivity index (χ4v) is 6.49. The number of hydrogen-bond donors (Lipinski definition) is 1. The SMILES string of the molecule is CCCCCc1nc2c(C)cc(-c3nc4ccccc4n3C)cc2n1Cc1cccc2c1ccn2-c1ccccc1C(=O)O. The molecule has 0 spiro atoms. The molecule has 0 radical (unpaired) electrons. The summed E-state index contributed by atoms with van der Waals surface area (Å²) in [5.41, 5.74) is 9.50. The van der Waals surface area contributed by atoms with Gasteiger partial charge in [-0.2, -0.15) is 0 Å². The summed E-state index contributed by atoms with van der Waals surface area (Å²) in [6.45, 7) is 5.03. The third-order valence-electron chi connectivity index (χ3n) is 8.72. The van der Waals surface area contributed by atoms with Crippen LogP contribution >= 0.6 is 0 Å². The van der Waals surface area contributed by atoms with Crippen LogP contribution in [0.2, 0.25) is 0 Å². The highest BCUT2D eigenvalue weighted by Gasteiger charge is 2.19. The van der Waals surface area contributed by atoms with Gasteiger partial charge in [0.1, 0.15) is 11.6 Å². The number of imidazole rings is 2. The lowest BCUT2D eigenvalue weighted by Gasteiger charge is -2.13. The highest BCUT2D eigenvalue weighted by atomic mass is 16.4. The maximum absolute atomic E-state index is 12.0. The van der Waals surface area contributed by atoms with Crippen molar-refractivity contribution in [3.63, 3.8) is 0 Å². The van der Waals surface area contributed by atoms with Gasteiger partial charge in [-0.05, 0) is 73.0 Å². The van der Waals surface area contributed by atoms with Gasteiger partial charge in [0.05, 0.1) is 45.4 Å². The molecule has 3 heterocycles. The number of para-hydroxylation sites is 3. The van der Waals surface area contributed by atoms with E-state index in [4.69, 9.17) is 9.97 Å². The topological polar surface area (TPSA) is 77.9 Å². The van der Waals surface area contributed by atoms with E-state index in [1.807, 2.05) is 35.0 Å². The summed E-state index contributed by atoms with van der Waals surface area (Å²) >= 11 is 0. The number of unbranched alkanes of at least 4 members (excludes halogenated alkanes) is 2. The Kier molecular flexibility index (Phi) is 7.01. The van der Waals surface area contributed by atoms with Crippen LogP contribution in [-0.4, -0.2) is 34.7 Å². The average molecular weight is 582 g/mol. The molecule has 7 rings (SSSR count). The molecular weight excluding hydrogens is 546 g/mol. The summed E-state index contributed by atoms with van der Waals surface area (Å²) in [6, 6.07) is 28.2. The molecule has 0 atom stereocenters. The zero-order valence-electron chi connectivity index (χ0n) is 25.3. The van der Waals surface area contributed by atoms with Crippen molar-refractivity contribution in [2.24, 2.45) is 7.05 Å². The van der Waals surface area contributed by atoms with E-state index in [1.54, 1.807) is 12.1 Å². The van der Waals surface area contributed by atoms with Gasteiger partial charge in [-0.15, -0.1) is 0 Å². The van der Waals surface area contributed by atoms with Crippen molar-refractivity contribution >= 4 is 38.9 Å². The van der Waals surface area contributed by atoms with Crippen molar-refractivity contribution in [1.82, 2.24) is 23.7 Å². The number of carboxylic acids is 1. The predicted octanol–water partition coefficient (Wildman–Crippen LogP) is 8.32. The number of aryl methyl sites for hydroxylation is 3. The van der Waals surface area contributed by atoms with Crippen molar-refractivity contribution in [1.29, 1.82) is 0 Å². The molecule has 44 heavy (non-hydrogen) atoms. The molecule has 1 N–H and O–H groups in total. The predicted molar refractivity (Wildman–Crippen MR) is 177 cm³/mol. The van der Waals surface area contributed by atoms with Crippen LogP contribution in [0.15, 0.2) is 91.1 Å².